The van der Waals surface area contributed by atoms with Crippen molar-refractivity contribution in [1.82, 2.24) is 4.98 Å². The largest absolute Gasteiger partial charge is 0.340 e. The number of nitro groups is 1. The third-order valence-electron chi connectivity index (χ3n) is 2.32. The third-order valence-corrected chi connectivity index (χ3v) is 2.32. The number of anilines is 2. The maximum absolute atomic E-state index is 10.8. The van der Waals surface area contributed by atoms with Crippen LogP contribution in [0.25, 0.3) is 0 Å². The van der Waals surface area contributed by atoms with E-state index in [1.807, 2.05) is 30.3 Å². The lowest BCUT2D eigenvalue weighted by Gasteiger charge is -2.05. The summed E-state index contributed by atoms with van der Waals surface area (Å²) in [6.07, 6.45) is 1.49. The predicted octanol–water partition coefficient (Wildman–Crippen LogP) is 3.04. The maximum Gasteiger partial charge on any atom is 0.277 e. The van der Waals surface area contributed by atoms with Crippen LogP contribution < -0.4 is 5.32 Å². The van der Waals surface area contributed by atoms with Gasteiger partial charge in [-0.25, -0.2) is 4.98 Å². The molecule has 0 aliphatic heterocycles. The highest BCUT2D eigenvalue weighted by Crippen LogP contribution is 2.22. The Morgan fingerprint density at radius 1 is 1.29 bits per heavy atom. The second-order valence-electron chi connectivity index (χ2n) is 3.60. The summed E-state index contributed by atoms with van der Waals surface area (Å²) in [6, 6.07) is 10.8. The highest BCUT2D eigenvalue weighted by molar-refractivity contribution is 5.59. The van der Waals surface area contributed by atoms with E-state index >= 15 is 0 Å². The Morgan fingerprint density at radius 3 is 2.65 bits per heavy atom. The van der Waals surface area contributed by atoms with E-state index in [1.54, 1.807) is 6.92 Å². The molecule has 1 N–H and O–H groups in total. The quantitative estimate of drug-likeness (QED) is 0.648. The minimum Gasteiger partial charge on any atom is -0.340 e. The van der Waals surface area contributed by atoms with Gasteiger partial charge in [-0.1, -0.05) is 18.2 Å². The number of para-hydroxylation sites is 1. The molecule has 1 aromatic heterocycles. The molecule has 0 radical (unpaired) electrons. The molecule has 1 aromatic carbocycles. The number of hydrogen-bond acceptors (Lipinski definition) is 4. The second kappa shape index (κ2) is 4.61. The topological polar surface area (TPSA) is 68.1 Å². The Morgan fingerprint density at radius 2 is 2.00 bits per heavy atom. The summed E-state index contributed by atoms with van der Waals surface area (Å²) >= 11 is 0. The van der Waals surface area contributed by atoms with Crippen LogP contribution in [0.5, 0.6) is 0 Å². The van der Waals surface area contributed by atoms with E-state index in [1.165, 1.54) is 12.3 Å². The average Bonchev–Trinajstić information content (AvgIpc) is 2.32. The number of pyridine rings is 1. The minimum atomic E-state index is -0.410. The van der Waals surface area contributed by atoms with Gasteiger partial charge in [0.25, 0.3) is 5.69 Å². The van der Waals surface area contributed by atoms with Crippen molar-refractivity contribution < 1.29 is 4.92 Å². The van der Waals surface area contributed by atoms with Crippen molar-refractivity contribution >= 4 is 17.2 Å². The van der Waals surface area contributed by atoms with Crippen LogP contribution in [0.3, 0.4) is 0 Å². The van der Waals surface area contributed by atoms with E-state index in [9.17, 15) is 10.1 Å². The van der Waals surface area contributed by atoms with E-state index in [0.29, 0.717) is 11.4 Å². The standard InChI is InChI=1S/C12H11N3O2/c1-9-8-13-12(7-11(9)15(16)17)14-10-5-3-2-4-6-10/h2-8H,1H3,(H,13,14). The maximum atomic E-state index is 10.8. The summed E-state index contributed by atoms with van der Waals surface area (Å²) < 4.78 is 0. The van der Waals surface area contributed by atoms with Crippen LogP contribution in [0.1, 0.15) is 5.56 Å². The average molecular weight is 229 g/mol. The summed E-state index contributed by atoms with van der Waals surface area (Å²) in [5, 5.41) is 13.8. The first-order chi connectivity index (χ1) is 8.16. The first-order valence-corrected chi connectivity index (χ1v) is 5.10. The molecule has 0 amide bonds. The molecule has 0 bridgehead atoms. The monoisotopic (exact) mass is 229 g/mol. The molecule has 0 aliphatic rings. The molecule has 0 spiro atoms. The van der Waals surface area contributed by atoms with Crippen molar-refractivity contribution in [3.8, 4) is 0 Å². The third kappa shape index (κ3) is 2.57. The molecule has 2 rings (SSSR count). The highest BCUT2D eigenvalue weighted by atomic mass is 16.6. The van der Waals surface area contributed by atoms with Crippen LogP contribution in [-0.2, 0) is 0 Å². The van der Waals surface area contributed by atoms with E-state index in [2.05, 4.69) is 10.3 Å². The van der Waals surface area contributed by atoms with Crippen molar-refractivity contribution in [3.05, 3.63) is 58.3 Å². The fourth-order valence-electron chi connectivity index (χ4n) is 1.45. The smallest absolute Gasteiger partial charge is 0.277 e. The summed E-state index contributed by atoms with van der Waals surface area (Å²) in [7, 11) is 0. The van der Waals surface area contributed by atoms with Crippen LogP contribution in [0.4, 0.5) is 17.2 Å². The zero-order chi connectivity index (χ0) is 12.3. The number of aromatic nitrogens is 1. The van der Waals surface area contributed by atoms with Crippen LogP contribution >= 0.6 is 0 Å². The predicted molar refractivity (Wildman–Crippen MR) is 65.4 cm³/mol. The van der Waals surface area contributed by atoms with Gasteiger partial charge in [-0.3, -0.25) is 10.1 Å². The van der Waals surface area contributed by atoms with Gasteiger partial charge in [0, 0.05) is 17.4 Å². The number of nitrogens with one attached hydrogen (secondary N) is 1. The lowest BCUT2D eigenvalue weighted by molar-refractivity contribution is -0.385. The number of benzene rings is 1. The Hall–Kier alpha value is -2.43. The molecule has 2 aromatic rings. The zero-order valence-electron chi connectivity index (χ0n) is 9.25. The number of nitrogens with zero attached hydrogens (tertiary/aromatic N) is 2. The second-order valence-corrected chi connectivity index (χ2v) is 3.60. The van der Waals surface area contributed by atoms with Gasteiger partial charge in [0.05, 0.1) is 11.0 Å². The molecule has 86 valence electrons. The molecule has 0 atom stereocenters. The van der Waals surface area contributed by atoms with Crippen LogP contribution in [0, 0.1) is 17.0 Å². The van der Waals surface area contributed by atoms with Crippen molar-refractivity contribution in [3.63, 3.8) is 0 Å². The molecule has 0 fully saturated rings. The van der Waals surface area contributed by atoms with Crippen molar-refractivity contribution in [2.45, 2.75) is 6.92 Å². The summed E-state index contributed by atoms with van der Waals surface area (Å²) in [5.41, 5.74) is 1.46. The van der Waals surface area contributed by atoms with Crippen LogP contribution in [0.15, 0.2) is 42.6 Å². The number of rotatable bonds is 3. The van der Waals surface area contributed by atoms with Gasteiger partial charge in [0.2, 0.25) is 0 Å². The zero-order valence-corrected chi connectivity index (χ0v) is 9.25. The van der Waals surface area contributed by atoms with Crippen molar-refractivity contribution in [1.29, 1.82) is 0 Å². The Kier molecular flexibility index (Phi) is 3.00. The van der Waals surface area contributed by atoms with Crippen molar-refractivity contribution in [2.24, 2.45) is 0 Å². The van der Waals surface area contributed by atoms with Gasteiger partial charge >= 0.3 is 0 Å². The van der Waals surface area contributed by atoms with Crippen LogP contribution in [0.2, 0.25) is 0 Å². The van der Waals surface area contributed by atoms with E-state index in [0.717, 1.165) is 5.69 Å². The Balaban J connectivity index is 2.29. The van der Waals surface area contributed by atoms with Gasteiger partial charge < -0.3 is 5.32 Å². The Bertz CT molecular complexity index is 541. The Labute approximate surface area is 98.3 Å². The molecular weight excluding hydrogens is 218 g/mol. The van der Waals surface area contributed by atoms with Gasteiger partial charge in [-0.05, 0) is 19.1 Å². The normalized spacial score (nSPS) is 9.94. The molecule has 5 heteroatoms. The fourth-order valence-corrected chi connectivity index (χ4v) is 1.45. The van der Waals surface area contributed by atoms with Gasteiger partial charge in [-0.2, -0.15) is 0 Å². The molecule has 0 unspecified atom stereocenters. The van der Waals surface area contributed by atoms with E-state index < -0.39 is 4.92 Å². The molecule has 1 heterocycles. The van der Waals surface area contributed by atoms with Crippen molar-refractivity contribution in [2.75, 3.05) is 5.32 Å². The number of aryl methyl sites for hydroxylation is 1. The molecule has 0 saturated heterocycles. The first-order valence-electron chi connectivity index (χ1n) is 5.10. The molecule has 17 heavy (non-hydrogen) atoms. The SMILES string of the molecule is Cc1cnc(Nc2ccccc2)cc1[N+](=O)[O-]. The van der Waals surface area contributed by atoms with Gasteiger partial charge in [0.1, 0.15) is 5.82 Å². The van der Waals surface area contributed by atoms with Crippen LogP contribution in [-0.4, -0.2) is 9.91 Å². The van der Waals surface area contributed by atoms with E-state index in [4.69, 9.17) is 0 Å². The molecular formula is C12H11N3O2. The lowest BCUT2D eigenvalue weighted by Crippen LogP contribution is -1.97. The summed E-state index contributed by atoms with van der Waals surface area (Å²) in [6.45, 7) is 1.66. The first kappa shape index (κ1) is 11.1. The summed E-state index contributed by atoms with van der Waals surface area (Å²) in [5.74, 6) is 0.466. The van der Waals surface area contributed by atoms with Gasteiger partial charge in [0.15, 0.2) is 0 Å². The minimum absolute atomic E-state index is 0.0680. The molecule has 0 saturated carbocycles. The number of hydrogen-bond donors (Lipinski definition) is 1. The molecule has 0 aliphatic carbocycles. The highest BCUT2D eigenvalue weighted by Gasteiger charge is 2.11. The van der Waals surface area contributed by atoms with E-state index in [-0.39, 0.29) is 5.69 Å². The molecule has 5 nitrogen and oxygen atoms in total. The lowest BCUT2D eigenvalue weighted by atomic mass is 10.2. The fraction of sp³-hybridized carbons (Fsp3) is 0.0833. The summed E-state index contributed by atoms with van der Waals surface area (Å²) in [4.78, 5) is 14.5. The van der Waals surface area contributed by atoms with Gasteiger partial charge in [-0.15, -0.1) is 0 Å².